The van der Waals surface area contributed by atoms with Crippen LogP contribution in [0.25, 0.3) is 0 Å². The van der Waals surface area contributed by atoms with Crippen molar-refractivity contribution in [1.82, 2.24) is 5.32 Å². The molecule has 2 aromatic rings. The minimum atomic E-state index is -0.239. The summed E-state index contributed by atoms with van der Waals surface area (Å²) >= 11 is 0. The molecule has 6 heteroatoms. The lowest BCUT2D eigenvalue weighted by atomic mass is 10.1. The second-order valence-corrected chi connectivity index (χ2v) is 6.85. The molecule has 1 aliphatic heterocycles. The number of carbonyl (C=O) groups is 2. The molecule has 3 rings (SSSR count). The number of nitrogens with zero attached hydrogens (tertiary/aromatic N) is 1. The lowest BCUT2D eigenvalue weighted by molar-refractivity contribution is -0.119. The number of ether oxygens (including phenoxy) is 2. The molecule has 0 aromatic heterocycles. The molecule has 1 heterocycles. The van der Waals surface area contributed by atoms with Crippen molar-refractivity contribution < 1.29 is 19.1 Å². The van der Waals surface area contributed by atoms with Gasteiger partial charge in [0.2, 0.25) is 5.91 Å². The van der Waals surface area contributed by atoms with E-state index < -0.39 is 0 Å². The lowest BCUT2D eigenvalue weighted by Crippen LogP contribution is -2.35. The predicted molar refractivity (Wildman–Crippen MR) is 108 cm³/mol. The summed E-state index contributed by atoms with van der Waals surface area (Å²) in [7, 11) is 3.19. The summed E-state index contributed by atoms with van der Waals surface area (Å²) in [6, 6.07) is 12.4. The highest BCUT2D eigenvalue weighted by Crippen LogP contribution is 2.29. The summed E-state index contributed by atoms with van der Waals surface area (Å²) in [5, 5.41) is 2.99. The highest BCUT2D eigenvalue weighted by molar-refractivity contribution is 5.97. The lowest BCUT2D eigenvalue weighted by Gasteiger charge is -2.26. The zero-order valence-corrected chi connectivity index (χ0v) is 16.5. The Morgan fingerprint density at radius 1 is 1.07 bits per heavy atom. The largest absolute Gasteiger partial charge is 0.497 e. The van der Waals surface area contributed by atoms with E-state index >= 15 is 0 Å². The van der Waals surface area contributed by atoms with E-state index in [1.807, 2.05) is 31.2 Å². The number of amides is 2. The Balaban J connectivity index is 1.70. The smallest absolute Gasteiger partial charge is 0.251 e. The number of hydrogen-bond acceptors (Lipinski definition) is 4. The zero-order valence-electron chi connectivity index (χ0n) is 16.5. The predicted octanol–water partition coefficient (Wildman–Crippen LogP) is 3.71. The Morgan fingerprint density at radius 3 is 2.46 bits per heavy atom. The molecule has 1 atom stereocenters. The highest BCUT2D eigenvalue weighted by atomic mass is 16.5. The summed E-state index contributed by atoms with van der Waals surface area (Å²) < 4.78 is 10.6. The molecular formula is C22H26N2O4. The van der Waals surface area contributed by atoms with E-state index in [1.165, 1.54) is 0 Å². The number of rotatable bonds is 6. The van der Waals surface area contributed by atoms with Gasteiger partial charge in [0.1, 0.15) is 11.5 Å². The Hall–Kier alpha value is -3.02. The molecule has 28 heavy (non-hydrogen) atoms. The maximum Gasteiger partial charge on any atom is 0.251 e. The van der Waals surface area contributed by atoms with Gasteiger partial charge in [-0.15, -0.1) is 0 Å². The van der Waals surface area contributed by atoms with Crippen LogP contribution < -0.4 is 19.7 Å². The average molecular weight is 382 g/mol. The van der Waals surface area contributed by atoms with Crippen LogP contribution in [0.2, 0.25) is 0 Å². The summed E-state index contributed by atoms with van der Waals surface area (Å²) in [4.78, 5) is 26.5. The van der Waals surface area contributed by atoms with Crippen LogP contribution >= 0.6 is 0 Å². The number of hydrogen-bond donors (Lipinski definition) is 1. The van der Waals surface area contributed by atoms with Crippen LogP contribution in [0, 0.1) is 0 Å². The van der Waals surface area contributed by atoms with Crippen LogP contribution in [0.4, 0.5) is 5.69 Å². The second-order valence-electron chi connectivity index (χ2n) is 6.85. The van der Waals surface area contributed by atoms with Crippen LogP contribution in [0.3, 0.4) is 0 Å². The number of carbonyl (C=O) groups excluding carboxylic acids is 2. The Kier molecular flexibility index (Phi) is 6.19. The van der Waals surface area contributed by atoms with Crippen LogP contribution in [0.1, 0.15) is 48.1 Å². The highest BCUT2D eigenvalue weighted by Gasteiger charge is 2.20. The first-order chi connectivity index (χ1) is 13.5. The Labute approximate surface area is 165 Å². The molecule has 1 N–H and O–H groups in total. The van der Waals surface area contributed by atoms with E-state index in [2.05, 4.69) is 5.32 Å². The molecule has 6 nitrogen and oxygen atoms in total. The first-order valence-electron chi connectivity index (χ1n) is 9.46. The fourth-order valence-electron chi connectivity index (χ4n) is 3.41. The SMILES string of the molecule is COc1ccc(C(C)NC(=O)c2ccc(N3CCCCC3=O)cc2)c(OC)c1. The number of benzene rings is 2. The van der Waals surface area contributed by atoms with Crippen molar-refractivity contribution in [2.75, 3.05) is 25.7 Å². The Bertz CT molecular complexity index is 848. The first kappa shape index (κ1) is 19.7. The van der Waals surface area contributed by atoms with Gasteiger partial charge in [0.05, 0.1) is 20.3 Å². The van der Waals surface area contributed by atoms with E-state index in [0.29, 0.717) is 23.5 Å². The average Bonchev–Trinajstić information content (AvgIpc) is 2.73. The van der Waals surface area contributed by atoms with E-state index in [4.69, 9.17) is 9.47 Å². The van der Waals surface area contributed by atoms with Crippen molar-refractivity contribution in [3.05, 3.63) is 53.6 Å². The third kappa shape index (κ3) is 4.27. The zero-order chi connectivity index (χ0) is 20.1. The van der Waals surface area contributed by atoms with Gasteiger partial charge in [0.25, 0.3) is 5.91 Å². The van der Waals surface area contributed by atoms with Crippen LogP contribution in [0.5, 0.6) is 11.5 Å². The normalized spacial score (nSPS) is 15.1. The van der Waals surface area contributed by atoms with E-state index in [0.717, 1.165) is 30.6 Å². The molecule has 0 bridgehead atoms. The summed E-state index contributed by atoms with van der Waals surface area (Å²) in [5.41, 5.74) is 2.26. The molecule has 1 saturated heterocycles. The van der Waals surface area contributed by atoms with Crippen molar-refractivity contribution in [3.8, 4) is 11.5 Å². The molecule has 1 aliphatic rings. The van der Waals surface area contributed by atoms with Gasteiger partial charge >= 0.3 is 0 Å². The van der Waals surface area contributed by atoms with Crippen molar-refractivity contribution in [2.45, 2.75) is 32.2 Å². The van der Waals surface area contributed by atoms with Crippen LogP contribution in [0.15, 0.2) is 42.5 Å². The minimum Gasteiger partial charge on any atom is -0.497 e. The molecule has 1 fully saturated rings. The van der Waals surface area contributed by atoms with Gasteiger partial charge in [-0.25, -0.2) is 0 Å². The molecule has 1 unspecified atom stereocenters. The van der Waals surface area contributed by atoms with Gasteiger partial charge < -0.3 is 19.7 Å². The first-order valence-corrected chi connectivity index (χ1v) is 9.46. The molecule has 0 spiro atoms. The van der Waals surface area contributed by atoms with Crippen molar-refractivity contribution in [2.24, 2.45) is 0 Å². The quantitative estimate of drug-likeness (QED) is 0.827. The summed E-state index contributed by atoms with van der Waals surface area (Å²) in [6.07, 6.45) is 2.54. The number of nitrogens with one attached hydrogen (secondary N) is 1. The molecule has 0 aliphatic carbocycles. The molecular weight excluding hydrogens is 356 g/mol. The monoisotopic (exact) mass is 382 g/mol. The topological polar surface area (TPSA) is 67.9 Å². The third-order valence-electron chi connectivity index (χ3n) is 5.02. The van der Waals surface area contributed by atoms with Crippen molar-refractivity contribution >= 4 is 17.5 Å². The van der Waals surface area contributed by atoms with Gasteiger partial charge in [0, 0.05) is 35.8 Å². The second kappa shape index (κ2) is 8.78. The third-order valence-corrected chi connectivity index (χ3v) is 5.02. The fraction of sp³-hybridized carbons (Fsp3) is 0.364. The molecule has 0 saturated carbocycles. The minimum absolute atomic E-state index is 0.142. The maximum absolute atomic E-state index is 12.6. The molecule has 2 aromatic carbocycles. The van der Waals surface area contributed by atoms with Gasteiger partial charge in [-0.3, -0.25) is 9.59 Å². The molecule has 148 valence electrons. The van der Waals surface area contributed by atoms with E-state index in [9.17, 15) is 9.59 Å². The fourth-order valence-corrected chi connectivity index (χ4v) is 3.41. The standard InChI is InChI=1S/C22H26N2O4/c1-15(19-12-11-18(27-2)14-20(19)28-3)23-22(26)16-7-9-17(10-8-16)24-13-5-4-6-21(24)25/h7-12,14-15H,4-6,13H2,1-3H3,(H,23,26). The summed E-state index contributed by atoms with van der Waals surface area (Å²) in [5.74, 6) is 1.32. The van der Waals surface area contributed by atoms with Gasteiger partial charge in [-0.2, -0.15) is 0 Å². The maximum atomic E-state index is 12.6. The van der Waals surface area contributed by atoms with Gasteiger partial charge in [-0.1, -0.05) is 0 Å². The van der Waals surface area contributed by atoms with Gasteiger partial charge in [-0.05, 0) is 56.2 Å². The Morgan fingerprint density at radius 2 is 1.82 bits per heavy atom. The number of methoxy groups -OCH3 is 2. The van der Waals surface area contributed by atoms with E-state index in [1.54, 1.807) is 37.3 Å². The van der Waals surface area contributed by atoms with Crippen molar-refractivity contribution in [1.29, 1.82) is 0 Å². The summed E-state index contributed by atoms with van der Waals surface area (Å²) in [6.45, 7) is 2.64. The van der Waals surface area contributed by atoms with Crippen LogP contribution in [-0.2, 0) is 4.79 Å². The molecule has 0 radical (unpaired) electrons. The van der Waals surface area contributed by atoms with Gasteiger partial charge in [0.15, 0.2) is 0 Å². The number of anilines is 1. The number of piperidine rings is 1. The van der Waals surface area contributed by atoms with Crippen molar-refractivity contribution in [3.63, 3.8) is 0 Å². The molecule has 2 amide bonds. The van der Waals surface area contributed by atoms with Crippen LogP contribution in [-0.4, -0.2) is 32.6 Å². The van der Waals surface area contributed by atoms with E-state index in [-0.39, 0.29) is 17.9 Å².